The molecule has 1 aromatic carbocycles. The Balaban J connectivity index is 2.46. The van der Waals surface area contributed by atoms with Crippen molar-refractivity contribution < 1.29 is 17.9 Å². The average Bonchev–Trinajstić information content (AvgIpc) is 2.45. The minimum atomic E-state index is -3.12. The Labute approximate surface area is 138 Å². The molecule has 0 fully saturated rings. The number of hydrogen-bond acceptors (Lipinski definition) is 5. The minimum absolute atomic E-state index is 0.0983. The number of ether oxygens (including phenoxy) is 1. The van der Waals surface area contributed by atoms with Gasteiger partial charge >= 0.3 is 0 Å². The number of amides is 1. The average molecular weight is 342 g/mol. The van der Waals surface area contributed by atoms with Gasteiger partial charge < -0.3 is 15.8 Å². The van der Waals surface area contributed by atoms with Gasteiger partial charge in [0.15, 0.2) is 0 Å². The van der Waals surface area contributed by atoms with Crippen molar-refractivity contribution in [3.05, 3.63) is 24.3 Å². The highest BCUT2D eigenvalue weighted by atomic mass is 32.2. The molecule has 23 heavy (non-hydrogen) atoms. The first-order chi connectivity index (χ1) is 10.7. The van der Waals surface area contributed by atoms with E-state index >= 15 is 0 Å². The number of sulfone groups is 1. The van der Waals surface area contributed by atoms with Gasteiger partial charge in [-0.3, -0.25) is 4.79 Å². The summed E-state index contributed by atoms with van der Waals surface area (Å²) in [5.41, 5.74) is 6.29. The predicted octanol–water partition coefficient (Wildman–Crippen LogP) is 1.81. The topological polar surface area (TPSA) is 98.5 Å². The summed E-state index contributed by atoms with van der Waals surface area (Å²) in [7, 11) is -3.12. The summed E-state index contributed by atoms with van der Waals surface area (Å²) in [6, 6.07) is 6.15. The van der Waals surface area contributed by atoms with Gasteiger partial charge in [0.2, 0.25) is 5.91 Å². The number of carbonyl (C=O) groups is 1. The van der Waals surface area contributed by atoms with Gasteiger partial charge in [0.05, 0.1) is 18.4 Å². The van der Waals surface area contributed by atoms with Crippen LogP contribution in [-0.4, -0.2) is 39.0 Å². The lowest BCUT2D eigenvalue weighted by Crippen LogP contribution is -2.37. The fourth-order valence-corrected chi connectivity index (χ4v) is 2.44. The maximum atomic E-state index is 11.9. The summed E-state index contributed by atoms with van der Waals surface area (Å²) >= 11 is 0. The lowest BCUT2D eigenvalue weighted by Gasteiger charge is -2.12. The molecule has 0 saturated heterocycles. The maximum absolute atomic E-state index is 11.9. The van der Waals surface area contributed by atoms with Crippen molar-refractivity contribution in [3.8, 4) is 5.75 Å². The third kappa shape index (κ3) is 8.56. The van der Waals surface area contributed by atoms with Crippen molar-refractivity contribution in [1.82, 2.24) is 0 Å². The summed E-state index contributed by atoms with van der Waals surface area (Å²) in [5, 5.41) is 2.67. The predicted molar refractivity (Wildman–Crippen MR) is 92.3 cm³/mol. The molecule has 0 aromatic heterocycles. The molecule has 0 heterocycles. The van der Waals surface area contributed by atoms with Crippen LogP contribution in [0.5, 0.6) is 5.75 Å². The molecule has 1 amide bonds. The van der Waals surface area contributed by atoms with E-state index in [0.717, 1.165) is 18.4 Å². The highest BCUT2D eigenvalue weighted by Crippen LogP contribution is 2.16. The monoisotopic (exact) mass is 342 g/mol. The first-order valence-corrected chi connectivity index (χ1v) is 9.70. The summed E-state index contributed by atoms with van der Waals surface area (Å²) in [5.74, 6) is 0.818. The van der Waals surface area contributed by atoms with Crippen molar-refractivity contribution in [2.45, 2.75) is 32.7 Å². The molecule has 0 aliphatic rings. The normalized spacial score (nSPS) is 12.9. The van der Waals surface area contributed by atoms with E-state index < -0.39 is 21.8 Å². The van der Waals surface area contributed by atoms with Crippen LogP contribution < -0.4 is 15.8 Å². The van der Waals surface area contributed by atoms with E-state index in [9.17, 15) is 13.2 Å². The number of carbonyl (C=O) groups excluding carboxylic acids is 1. The number of nitrogens with one attached hydrogen (secondary N) is 1. The van der Waals surface area contributed by atoms with Crippen LogP contribution in [0.3, 0.4) is 0 Å². The largest absolute Gasteiger partial charge is 0.494 e. The zero-order chi connectivity index (χ0) is 17.5. The molecular weight excluding hydrogens is 316 g/mol. The summed E-state index contributed by atoms with van der Waals surface area (Å²) in [4.78, 5) is 11.9. The highest BCUT2D eigenvalue weighted by molar-refractivity contribution is 7.90. The molecular formula is C16H26N2O4S. The summed E-state index contributed by atoms with van der Waals surface area (Å²) in [6.07, 6.45) is 2.20. The van der Waals surface area contributed by atoms with E-state index in [1.54, 1.807) is 24.3 Å². The molecule has 1 aromatic rings. The van der Waals surface area contributed by atoms with Crippen molar-refractivity contribution in [2.24, 2.45) is 11.7 Å². The molecule has 0 radical (unpaired) electrons. The molecule has 0 bridgehead atoms. The van der Waals surface area contributed by atoms with Gasteiger partial charge in [-0.25, -0.2) is 8.42 Å². The van der Waals surface area contributed by atoms with Crippen molar-refractivity contribution in [2.75, 3.05) is 23.9 Å². The Bertz CT molecular complexity index is 597. The molecule has 1 unspecified atom stereocenters. The molecule has 0 aliphatic heterocycles. The van der Waals surface area contributed by atoms with Crippen LogP contribution >= 0.6 is 0 Å². The highest BCUT2D eigenvalue weighted by Gasteiger charge is 2.16. The Morgan fingerprint density at radius 3 is 2.35 bits per heavy atom. The van der Waals surface area contributed by atoms with Crippen LogP contribution in [0, 0.1) is 5.92 Å². The summed E-state index contributed by atoms with van der Waals surface area (Å²) < 4.78 is 27.8. The number of rotatable bonds is 9. The van der Waals surface area contributed by atoms with Gasteiger partial charge in [-0.05, 0) is 43.0 Å². The van der Waals surface area contributed by atoms with Crippen LogP contribution in [0.2, 0.25) is 0 Å². The molecule has 130 valence electrons. The Morgan fingerprint density at radius 1 is 1.22 bits per heavy atom. The molecule has 0 saturated carbocycles. The minimum Gasteiger partial charge on any atom is -0.494 e. The van der Waals surface area contributed by atoms with Crippen LogP contribution in [0.15, 0.2) is 24.3 Å². The van der Waals surface area contributed by atoms with E-state index in [4.69, 9.17) is 10.5 Å². The van der Waals surface area contributed by atoms with E-state index in [1.807, 2.05) is 0 Å². The van der Waals surface area contributed by atoms with E-state index in [1.165, 1.54) is 0 Å². The zero-order valence-electron chi connectivity index (χ0n) is 13.9. The molecule has 6 nitrogen and oxygen atoms in total. The number of benzene rings is 1. The zero-order valence-corrected chi connectivity index (χ0v) is 14.7. The second-order valence-electron chi connectivity index (χ2n) is 6.07. The fourth-order valence-electron chi connectivity index (χ4n) is 1.75. The van der Waals surface area contributed by atoms with E-state index in [2.05, 4.69) is 19.2 Å². The lowest BCUT2D eigenvalue weighted by molar-refractivity contribution is -0.117. The van der Waals surface area contributed by atoms with Gasteiger partial charge in [0.1, 0.15) is 15.6 Å². The van der Waals surface area contributed by atoms with E-state index in [0.29, 0.717) is 18.2 Å². The maximum Gasteiger partial charge on any atom is 0.241 e. The molecule has 0 spiro atoms. The second kappa shape index (κ2) is 8.88. The van der Waals surface area contributed by atoms with Gasteiger partial charge in [-0.2, -0.15) is 0 Å². The Morgan fingerprint density at radius 2 is 1.83 bits per heavy atom. The second-order valence-corrected chi connectivity index (χ2v) is 8.33. The van der Waals surface area contributed by atoms with Gasteiger partial charge in [-0.15, -0.1) is 0 Å². The number of nitrogens with two attached hydrogens (primary N) is 1. The van der Waals surface area contributed by atoms with Crippen molar-refractivity contribution in [1.29, 1.82) is 0 Å². The molecule has 3 N–H and O–H groups in total. The van der Waals surface area contributed by atoms with Crippen LogP contribution in [0.1, 0.15) is 26.7 Å². The Hall–Kier alpha value is -1.60. The van der Waals surface area contributed by atoms with Gasteiger partial charge in [-0.1, -0.05) is 13.8 Å². The van der Waals surface area contributed by atoms with E-state index in [-0.39, 0.29) is 12.2 Å². The van der Waals surface area contributed by atoms with Crippen molar-refractivity contribution >= 4 is 21.4 Å². The third-order valence-electron chi connectivity index (χ3n) is 3.22. The third-order valence-corrected chi connectivity index (χ3v) is 4.20. The van der Waals surface area contributed by atoms with Gasteiger partial charge in [0.25, 0.3) is 0 Å². The summed E-state index contributed by atoms with van der Waals surface area (Å²) in [6.45, 7) is 4.92. The first kappa shape index (κ1) is 19.4. The van der Waals surface area contributed by atoms with Crippen LogP contribution in [0.4, 0.5) is 5.69 Å². The quantitative estimate of drug-likeness (QED) is 0.713. The smallest absolute Gasteiger partial charge is 0.241 e. The fraction of sp³-hybridized carbons (Fsp3) is 0.562. The first-order valence-electron chi connectivity index (χ1n) is 7.64. The SMILES string of the molecule is CC(C)CCOc1ccc(NC(=O)C(N)CCS(C)(=O)=O)cc1. The van der Waals surface area contributed by atoms with Crippen molar-refractivity contribution in [3.63, 3.8) is 0 Å². The van der Waals surface area contributed by atoms with Crippen LogP contribution in [-0.2, 0) is 14.6 Å². The molecule has 7 heteroatoms. The lowest BCUT2D eigenvalue weighted by atomic mass is 10.1. The van der Waals surface area contributed by atoms with Gasteiger partial charge in [0, 0.05) is 11.9 Å². The number of hydrogen-bond donors (Lipinski definition) is 2. The molecule has 1 atom stereocenters. The Kier molecular flexibility index (Phi) is 7.51. The van der Waals surface area contributed by atoms with Crippen LogP contribution in [0.25, 0.3) is 0 Å². The molecule has 0 aliphatic carbocycles. The molecule has 1 rings (SSSR count). The standard InChI is InChI=1S/C16H26N2O4S/c1-12(2)8-10-22-14-6-4-13(5-7-14)18-16(19)15(17)9-11-23(3,20)21/h4-7,12,15H,8-11,17H2,1-3H3,(H,18,19). The number of anilines is 1.